The van der Waals surface area contributed by atoms with Crippen LogP contribution in [-0.2, 0) is 26.1 Å². The van der Waals surface area contributed by atoms with Gasteiger partial charge in [-0.05, 0) is 29.7 Å². The molecule has 0 spiro atoms. The highest BCUT2D eigenvalue weighted by Crippen LogP contribution is 2.31. The number of nitrogens with zero attached hydrogens (tertiary/aromatic N) is 3. The van der Waals surface area contributed by atoms with Crippen molar-refractivity contribution >= 4 is 5.91 Å². The molecule has 1 aromatic heterocycles. The lowest BCUT2D eigenvalue weighted by molar-refractivity contribution is 0.1000. The summed E-state index contributed by atoms with van der Waals surface area (Å²) in [5.74, 6) is 0.630. The summed E-state index contributed by atoms with van der Waals surface area (Å²) in [5.41, 5.74) is 13.0. The highest BCUT2D eigenvalue weighted by molar-refractivity contribution is 5.92. The van der Waals surface area contributed by atoms with E-state index in [1.54, 1.807) is 0 Å². The van der Waals surface area contributed by atoms with Crippen molar-refractivity contribution in [3.63, 3.8) is 0 Å². The number of benzene rings is 4. The highest BCUT2D eigenvalue weighted by Gasteiger charge is 2.20. The Balaban J connectivity index is 1.50. The minimum absolute atomic E-state index is 0.402. The molecular weight excluding hydrogens is 504 g/mol. The van der Waals surface area contributed by atoms with Crippen molar-refractivity contribution in [3.05, 3.63) is 138 Å². The third-order valence-electron chi connectivity index (χ3n) is 7.45. The number of nitrogens with two attached hydrogens (primary N) is 1. The van der Waals surface area contributed by atoms with Crippen molar-refractivity contribution in [2.24, 2.45) is 5.73 Å². The predicted octanol–water partition coefficient (Wildman–Crippen LogP) is 7.36. The molecule has 0 radical (unpaired) electrons. The molecule has 41 heavy (non-hydrogen) atoms. The van der Waals surface area contributed by atoms with Crippen LogP contribution in [0.25, 0.3) is 22.6 Å². The van der Waals surface area contributed by atoms with E-state index in [0.717, 1.165) is 73.7 Å². The number of carbonyl (C=O) groups is 1. The molecular formula is C36H38N4O. The van der Waals surface area contributed by atoms with E-state index in [1.807, 2.05) is 24.3 Å². The zero-order chi connectivity index (χ0) is 28.4. The Labute approximate surface area is 243 Å². The number of primary amides is 1. The molecule has 2 N–H and O–H groups in total. The molecule has 0 atom stereocenters. The van der Waals surface area contributed by atoms with Crippen molar-refractivity contribution < 1.29 is 4.79 Å². The smallest absolute Gasteiger partial charge is 0.248 e. The first-order valence-electron chi connectivity index (χ1n) is 14.5. The van der Waals surface area contributed by atoms with Gasteiger partial charge in [-0.25, -0.2) is 4.98 Å². The van der Waals surface area contributed by atoms with Gasteiger partial charge in [0.05, 0.1) is 5.69 Å². The van der Waals surface area contributed by atoms with Gasteiger partial charge in [0.15, 0.2) is 0 Å². The van der Waals surface area contributed by atoms with Crippen molar-refractivity contribution in [2.45, 2.75) is 45.8 Å². The van der Waals surface area contributed by atoms with Crippen LogP contribution in [-0.4, -0.2) is 26.9 Å². The molecule has 4 aromatic carbocycles. The Hall–Kier alpha value is -4.48. The summed E-state index contributed by atoms with van der Waals surface area (Å²) in [7, 11) is 0. The van der Waals surface area contributed by atoms with Crippen LogP contribution in [0.4, 0.5) is 0 Å². The molecule has 0 aliphatic carbocycles. The van der Waals surface area contributed by atoms with Gasteiger partial charge in [-0.2, -0.15) is 0 Å². The number of aromatic nitrogens is 2. The van der Waals surface area contributed by atoms with E-state index in [4.69, 9.17) is 10.7 Å². The first-order chi connectivity index (χ1) is 20.1. The zero-order valence-electron chi connectivity index (χ0n) is 23.7. The number of unbranched alkanes of at least 4 members (excludes halogenated alkanes) is 1. The fourth-order valence-corrected chi connectivity index (χ4v) is 5.28. The second-order valence-corrected chi connectivity index (χ2v) is 10.5. The van der Waals surface area contributed by atoms with Crippen molar-refractivity contribution in [1.82, 2.24) is 14.5 Å². The summed E-state index contributed by atoms with van der Waals surface area (Å²) in [5, 5.41) is 0. The molecule has 0 aliphatic rings. The summed E-state index contributed by atoms with van der Waals surface area (Å²) in [6.45, 7) is 5.63. The Morgan fingerprint density at radius 1 is 0.756 bits per heavy atom. The third-order valence-corrected chi connectivity index (χ3v) is 7.45. The molecule has 5 nitrogen and oxygen atoms in total. The summed E-state index contributed by atoms with van der Waals surface area (Å²) >= 11 is 0. The van der Waals surface area contributed by atoms with E-state index in [0.29, 0.717) is 5.56 Å². The van der Waals surface area contributed by atoms with Crippen molar-refractivity contribution in [1.29, 1.82) is 0 Å². The Kier molecular flexibility index (Phi) is 9.40. The minimum atomic E-state index is -0.402. The Morgan fingerprint density at radius 3 is 1.90 bits per heavy atom. The minimum Gasteiger partial charge on any atom is -0.366 e. The lowest BCUT2D eigenvalue weighted by Crippen LogP contribution is -2.26. The lowest BCUT2D eigenvalue weighted by atomic mass is 10.1. The first kappa shape index (κ1) is 28.1. The molecule has 208 valence electrons. The van der Waals surface area contributed by atoms with E-state index >= 15 is 0 Å². The van der Waals surface area contributed by atoms with Gasteiger partial charge in [0.2, 0.25) is 5.91 Å². The maximum Gasteiger partial charge on any atom is 0.248 e. The maximum atomic E-state index is 11.6. The second kappa shape index (κ2) is 13.7. The molecule has 0 bridgehead atoms. The summed E-state index contributed by atoms with van der Waals surface area (Å²) in [4.78, 5) is 19.4. The molecule has 5 heteroatoms. The summed E-state index contributed by atoms with van der Waals surface area (Å²) < 4.78 is 2.45. The summed E-state index contributed by atoms with van der Waals surface area (Å²) in [6.07, 6.45) is 3.07. The number of imidazole rings is 1. The second-order valence-electron chi connectivity index (χ2n) is 10.5. The normalized spacial score (nSPS) is 11.2. The predicted molar refractivity (Wildman–Crippen MR) is 167 cm³/mol. The van der Waals surface area contributed by atoms with Gasteiger partial charge in [0, 0.05) is 55.0 Å². The van der Waals surface area contributed by atoms with E-state index in [9.17, 15) is 4.79 Å². The molecule has 1 heterocycles. The fraction of sp³-hybridized carbons (Fsp3) is 0.222. The van der Waals surface area contributed by atoms with Crippen LogP contribution in [0.5, 0.6) is 0 Å². The Morgan fingerprint density at radius 2 is 1.32 bits per heavy atom. The van der Waals surface area contributed by atoms with Gasteiger partial charge >= 0.3 is 0 Å². The zero-order valence-corrected chi connectivity index (χ0v) is 23.7. The number of carbonyl (C=O) groups excluding carboxylic acids is 1. The van der Waals surface area contributed by atoms with Crippen LogP contribution in [0.15, 0.2) is 115 Å². The molecule has 0 saturated heterocycles. The van der Waals surface area contributed by atoms with Gasteiger partial charge in [-0.3, -0.25) is 9.69 Å². The molecule has 0 unspecified atom stereocenters. The van der Waals surface area contributed by atoms with E-state index in [1.165, 1.54) is 11.3 Å². The van der Waals surface area contributed by atoms with Crippen LogP contribution in [0.2, 0.25) is 0 Å². The van der Waals surface area contributed by atoms with Crippen LogP contribution >= 0.6 is 0 Å². The lowest BCUT2D eigenvalue weighted by Gasteiger charge is -2.24. The van der Waals surface area contributed by atoms with Gasteiger partial charge in [-0.1, -0.05) is 116 Å². The van der Waals surface area contributed by atoms with Gasteiger partial charge < -0.3 is 10.3 Å². The molecule has 5 rings (SSSR count). The third kappa shape index (κ3) is 7.19. The number of hydrogen-bond acceptors (Lipinski definition) is 3. The van der Waals surface area contributed by atoms with Crippen LogP contribution < -0.4 is 5.73 Å². The number of rotatable bonds is 13. The highest BCUT2D eigenvalue weighted by atomic mass is 16.1. The maximum absolute atomic E-state index is 11.6. The monoisotopic (exact) mass is 542 g/mol. The quantitative estimate of drug-likeness (QED) is 0.169. The molecule has 0 aliphatic heterocycles. The molecule has 5 aromatic rings. The topological polar surface area (TPSA) is 64.2 Å². The van der Waals surface area contributed by atoms with E-state index in [-0.39, 0.29) is 0 Å². The van der Waals surface area contributed by atoms with Crippen molar-refractivity contribution in [2.75, 3.05) is 6.54 Å². The fourth-order valence-electron chi connectivity index (χ4n) is 5.28. The summed E-state index contributed by atoms with van der Waals surface area (Å²) in [6, 6.07) is 39.3. The van der Waals surface area contributed by atoms with Crippen LogP contribution in [0, 0.1) is 0 Å². The van der Waals surface area contributed by atoms with Crippen LogP contribution in [0.3, 0.4) is 0 Å². The average molecular weight is 543 g/mol. The van der Waals surface area contributed by atoms with Crippen LogP contribution in [0.1, 0.15) is 46.9 Å². The molecule has 1 amide bonds. The number of hydrogen-bond donors (Lipinski definition) is 1. The molecule has 0 saturated carbocycles. The largest absolute Gasteiger partial charge is 0.366 e. The van der Waals surface area contributed by atoms with Gasteiger partial charge in [0.25, 0.3) is 0 Å². The van der Waals surface area contributed by atoms with Crippen molar-refractivity contribution in [3.8, 4) is 22.6 Å². The number of amides is 1. The average Bonchev–Trinajstić information content (AvgIpc) is 3.38. The first-order valence-corrected chi connectivity index (χ1v) is 14.5. The van der Waals surface area contributed by atoms with E-state index < -0.39 is 5.91 Å². The van der Waals surface area contributed by atoms with Gasteiger partial charge in [-0.15, -0.1) is 0 Å². The molecule has 0 fully saturated rings. The van der Waals surface area contributed by atoms with Gasteiger partial charge in [0.1, 0.15) is 5.82 Å². The standard InChI is InChI=1S/C36H38N4O/c1-2-3-24-40-33(34(30-15-9-5-10-16-30)38-36(40)32-17-11-6-12-18-32)23-25-39(26-28-13-7-4-8-14-28)27-29-19-21-31(22-20-29)35(37)41/h4-22H,2-3,23-27H2,1H3,(H2,37,41). The SMILES string of the molecule is CCCCn1c(-c2ccccc2)nc(-c2ccccc2)c1CCN(Cc1ccccc1)Cc1ccc(C(N)=O)cc1. The van der Waals surface area contributed by atoms with E-state index in [2.05, 4.69) is 107 Å². The Bertz CT molecular complexity index is 1530.